The second-order valence-corrected chi connectivity index (χ2v) is 6.95. The van der Waals surface area contributed by atoms with E-state index < -0.39 is 0 Å². The number of amides is 2. The average molecular weight is 344 g/mol. The van der Waals surface area contributed by atoms with Crippen LogP contribution >= 0.6 is 0 Å². The fourth-order valence-electron chi connectivity index (χ4n) is 3.83. The summed E-state index contributed by atoms with van der Waals surface area (Å²) in [7, 11) is 0. The highest BCUT2D eigenvalue weighted by Gasteiger charge is 2.25. The number of rotatable bonds is 3. The summed E-state index contributed by atoms with van der Waals surface area (Å²) in [6, 6.07) is 4.45. The highest BCUT2D eigenvalue weighted by atomic mass is 16.2. The van der Waals surface area contributed by atoms with Gasteiger partial charge in [-0.25, -0.2) is 4.98 Å². The van der Waals surface area contributed by atoms with Crippen molar-refractivity contribution in [3.8, 4) is 0 Å². The molecule has 0 radical (unpaired) electrons. The van der Waals surface area contributed by atoms with Crippen molar-refractivity contribution in [2.45, 2.75) is 45.6 Å². The van der Waals surface area contributed by atoms with Gasteiger partial charge in [-0.3, -0.25) is 9.59 Å². The maximum Gasteiger partial charge on any atom is 0.272 e. The Balaban J connectivity index is 1.64. The monoisotopic (exact) mass is 344 g/mol. The second-order valence-electron chi connectivity index (χ2n) is 6.95. The molecule has 0 N–H and O–H groups in total. The highest BCUT2D eigenvalue weighted by Crippen LogP contribution is 2.26. The number of nitrogens with zero attached hydrogens (tertiary/aromatic N) is 4. The second kappa shape index (κ2) is 7.85. The van der Waals surface area contributed by atoms with Gasteiger partial charge in [-0.05, 0) is 37.8 Å². The van der Waals surface area contributed by atoms with Crippen LogP contribution in [0.15, 0.2) is 18.3 Å². The maximum absolute atomic E-state index is 12.6. The zero-order valence-electron chi connectivity index (χ0n) is 15.3. The summed E-state index contributed by atoms with van der Waals surface area (Å²) in [5.41, 5.74) is 1.61. The van der Waals surface area contributed by atoms with E-state index in [1.165, 1.54) is 19.3 Å². The van der Waals surface area contributed by atoms with Gasteiger partial charge >= 0.3 is 0 Å². The van der Waals surface area contributed by atoms with Gasteiger partial charge in [0.2, 0.25) is 5.91 Å². The van der Waals surface area contributed by atoms with Gasteiger partial charge in [-0.1, -0.05) is 6.92 Å². The quantitative estimate of drug-likeness (QED) is 0.843. The number of pyridine rings is 1. The minimum atomic E-state index is -0.0413. The molecule has 0 bridgehead atoms. The van der Waals surface area contributed by atoms with Crippen LogP contribution in [0.5, 0.6) is 0 Å². The minimum Gasteiger partial charge on any atom is -0.367 e. The normalized spacial score (nSPS) is 21.4. The number of hydrogen-bond acceptors (Lipinski definition) is 4. The molecule has 1 unspecified atom stereocenters. The van der Waals surface area contributed by atoms with E-state index in [1.54, 1.807) is 16.7 Å². The number of aromatic nitrogens is 1. The molecule has 2 amide bonds. The smallest absolute Gasteiger partial charge is 0.272 e. The summed E-state index contributed by atoms with van der Waals surface area (Å²) in [6.45, 7) is 7.23. The van der Waals surface area contributed by atoms with Gasteiger partial charge in [0.15, 0.2) is 0 Å². The minimum absolute atomic E-state index is 0.0413. The summed E-state index contributed by atoms with van der Waals surface area (Å²) in [4.78, 5) is 34.5. The van der Waals surface area contributed by atoms with Gasteiger partial charge in [0.25, 0.3) is 5.91 Å². The number of hydrogen-bond donors (Lipinski definition) is 0. The molecule has 2 saturated heterocycles. The summed E-state index contributed by atoms with van der Waals surface area (Å²) in [5, 5.41) is 0. The Morgan fingerprint density at radius 2 is 1.80 bits per heavy atom. The molecule has 1 aromatic rings. The van der Waals surface area contributed by atoms with Crippen molar-refractivity contribution in [2.75, 3.05) is 37.6 Å². The first-order valence-electron chi connectivity index (χ1n) is 9.37. The Kier molecular flexibility index (Phi) is 5.56. The third-order valence-corrected chi connectivity index (χ3v) is 5.41. The molecular weight excluding hydrogens is 316 g/mol. The van der Waals surface area contributed by atoms with Crippen molar-refractivity contribution in [2.24, 2.45) is 0 Å². The van der Waals surface area contributed by atoms with Crippen molar-refractivity contribution in [1.29, 1.82) is 0 Å². The van der Waals surface area contributed by atoms with Crippen LogP contribution in [0.4, 0.5) is 5.69 Å². The lowest BCUT2D eigenvalue weighted by Gasteiger charge is -2.37. The highest BCUT2D eigenvalue weighted by molar-refractivity contribution is 5.92. The van der Waals surface area contributed by atoms with Crippen LogP contribution < -0.4 is 4.90 Å². The molecule has 6 nitrogen and oxygen atoms in total. The van der Waals surface area contributed by atoms with Gasteiger partial charge < -0.3 is 14.7 Å². The third-order valence-electron chi connectivity index (χ3n) is 5.41. The standard InChI is InChI=1S/C19H28N4O2/c1-3-16-6-4-5-9-23(16)17-7-8-18(20-14-17)19(25)22-12-10-21(11-13-22)15(2)24/h7-8,14,16H,3-6,9-13H2,1-2H3. The molecule has 2 aliphatic rings. The first-order chi connectivity index (χ1) is 12.1. The van der Waals surface area contributed by atoms with Crippen molar-refractivity contribution >= 4 is 17.5 Å². The van der Waals surface area contributed by atoms with Gasteiger partial charge in [0.05, 0.1) is 11.9 Å². The first-order valence-corrected chi connectivity index (χ1v) is 9.37. The number of carbonyl (C=O) groups excluding carboxylic acids is 2. The molecule has 3 heterocycles. The topological polar surface area (TPSA) is 56.8 Å². The molecule has 136 valence electrons. The zero-order chi connectivity index (χ0) is 17.8. The van der Waals surface area contributed by atoms with E-state index >= 15 is 0 Å². The van der Waals surface area contributed by atoms with E-state index in [1.807, 2.05) is 18.3 Å². The Hall–Kier alpha value is -2.11. The molecule has 3 rings (SSSR count). The van der Waals surface area contributed by atoms with Gasteiger partial charge in [0, 0.05) is 45.7 Å². The maximum atomic E-state index is 12.6. The van der Waals surface area contributed by atoms with E-state index in [0.29, 0.717) is 37.9 Å². The molecule has 1 atom stereocenters. The first kappa shape index (κ1) is 17.7. The van der Waals surface area contributed by atoms with E-state index in [-0.39, 0.29) is 11.8 Å². The third kappa shape index (κ3) is 3.94. The van der Waals surface area contributed by atoms with Crippen molar-refractivity contribution in [1.82, 2.24) is 14.8 Å². The molecule has 0 aliphatic carbocycles. The molecule has 0 spiro atoms. The fraction of sp³-hybridized carbons (Fsp3) is 0.632. The Morgan fingerprint density at radius 3 is 2.40 bits per heavy atom. The van der Waals surface area contributed by atoms with E-state index in [4.69, 9.17) is 0 Å². The lowest BCUT2D eigenvalue weighted by molar-refractivity contribution is -0.130. The van der Waals surface area contributed by atoms with Crippen LogP contribution in [0.25, 0.3) is 0 Å². The molecular formula is C19H28N4O2. The lowest BCUT2D eigenvalue weighted by Crippen LogP contribution is -2.50. The Labute approximate surface area is 149 Å². The SMILES string of the molecule is CCC1CCCCN1c1ccc(C(=O)N2CCN(C(C)=O)CC2)nc1. The lowest BCUT2D eigenvalue weighted by atomic mass is 9.99. The number of piperidine rings is 1. The van der Waals surface area contributed by atoms with E-state index in [0.717, 1.165) is 18.7 Å². The van der Waals surface area contributed by atoms with E-state index in [9.17, 15) is 9.59 Å². The van der Waals surface area contributed by atoms with Crippen molar-refractivity contribution in [3.05, 3.63) is 24.0 Å². The number of piperazine rings is 1. The number of anilines is 1. The summed E-state index contributed by atoms with van der Waals surface area (Å²) in [6.07, 6.45) is 6.73. The molecule has 0 saturated carbocycles. The summed E-state index contributed by atoms with van der Waals surface area (Å²) >= 11 is 0. The molecule has 2 fully saturated rings. The van der Waals surface area contributed by atoms with Crippen LogP contribution in [-0.2, 0) is 4.79 Å². The predicted octanol–water partition coefficient (Wildman–Crippen LogP) is 2.15. The number of carbonyl (C=O) groups is 2. The molecule has 6 heteroatoms. The fourth-order valence-corrected chi connectivity index (χ4v) is 3.83. The van der Waals surface area contributed by atoms with Crippen LogP contribution in [-0.4, -0.2) is 65.4 Å². The Morgan fingerprint density at radius 1 is 1.08 bits per heavy atom. The van der Waals surface area contributed by atoms with Gasteiger partial charge in [-0.2, -0.15) is 0 Å². The van der Waals surface area contributed by atoms with Crippen molar-refractivity contribution < 1.29 is 9.59 Å². The average Bonchev–Trinajstić information content (AvgIpc) is 2.67. The van der Waals surface area contributed by atoms with E-state index in [2.05, 4.69) is 16.8 Å². The van der Waals surface area contributed by atoms with Crippen molar-refractivity contribution in [3.63, 3.8) is 0 Å². The van der Waals surface area contributed by atoms with Gasteiger partial charge in [0.1, 0.15) is 5.69 Å². The van der Waals surface area contributed by atoms with Crippen LogP contribution in [0, 0.1) is 0 Å². The van der Waals surface area contributed by atoms with Crippen LogP contribution in [0.3, 0.4) is 0 Å². The molecule has 25 heavy (non-hydrogen) atoms. The Bertz CT molecular complexity index is 608. The van der Waals surface area contributed by atoms with Gasteiger partial charge in [-0.15, -0.1) is 0 Å². The predicted molar refractivity (Wildman–Crippen MR) is 97.7 cm³/mol. The largest absolute Gasteiger partial charge is 0.367 e. The molecule has 0 aromatic carbocycles. The molecule has 2 aliphatic heterocycles. The summed E-state index contributed by atoms with van der Waals surface area (Å²) < 4.78 is 0. The zero-order valence-corrected chi connectivity index (χ0v) is 15.3. The summed E-state index contributed by atoms with van der Waals surface area (Å²) in [5.74, 6) is 0.0297. The molecule has 1 aromatic heterocycles. The van der Waals surface area contributed by atoms with Crippen LogP contribution in [0.1, 0.15) is 50.0 Å². The van der Waals surface area contributed by atoms with Crippen LogP contribution in [0.2, 0.25) is 0 Å².